The minimum absolute atomic E-state index is 0.0605. The number of rotatable bonds is 8. The molecule has 0 aliphatic carbocycles. The minimum atomic E-state index is -0.373. The van der Waals surface area contributed by atoms with E-state index in [1.54, 1.807) is 6.26 Å². The smallest absolute Gasteiger partial charge is 0.222 e. The Balaban J connectivity index is 1.23. The topological polar surface area (TPSA) is 71.8 Å². The maximum absolute atomic E-state index is 12.8. The molecule has 2 amide bonds. The number of nitrogens with one attached hydrogen (secondary N) is 1. The van der Waals surface area contributed by atoms with Crippen LogP contribution in [0, 0.1) is 0 Å². The minimum Gasteiger partial charge on any atom is -0.469 e. The lowest BCUT2D eigenvalue weighted by atomic mass is 9.86. The zero-order chi connectivity index (χ0) is 20.8. The second-order valence-corrected chi connectivity index (χ2v) is 8.46. The second kappa shape index (κ2) is 9.47. The van der Waals surface area contributed by atoms with Gasteiger partial charge < -0.3 is 19.4 Å². The zero-order valence-corrected chi connectivity index (χ0v) is 17.3. The molecule has 4 rings (SSSR count). The quantitative estimate of drug-likeness (QED) is 0.723. The van der Waals surface area contributed by atoms with Crippen LogP contribution < -0.4 is 5.32 Å². The molecule has 6 heteroatoms. The number of piperidine rings is 1. The SMILES string of the molecule is O=C1CCC(CCC(=O)N2CCC(OCc3ccccc3)CC2)(Cc2ccco2)N1. The van der Waals surface area contributed by atoms with Gasteiger partial charge in [-0.3, -0.25) is 9.59 Å². The first-order valence-electron chi connectivity index (χ1n) is 10.9. The molecule has 2 fully saturated rings. The van der Waals surface area contributed by atoms with Crippen LogP contribution in [0.4, 0.5) is 0 Å². The highest BCUT2D eigenvalue weighted by Gasteiger charge is 2.39. The summed E-state index contributed by atoms with van der Waals surface area (Å²) in [4.78, 5) is 26.6. The molecular weight excluding hydrogens is 380 g/mol. The molecule has 0 saturated carbocycles. The number of benzene rings is 1. The van der Waals surface area contributed by atoms with Crippen LogP contribution in [0.3, 0.4) is 0 Å². The lowest BCUT2D eigenvalue weighted by Gasteiger charge is -2.33. The normalized spacial score (nSPS) is 22.3. The molecule has 1 N–H and O–H groups in total. The molecule has 30 heavy (non-hydrogen) atoms. The number of ether oxygens (including phenoxy) is 1. The van der Waals surface area contributed by atoms with Crippen LogP contribution >= 0.6 is 0 Å². The maximum Gasteiger partial charge on any atom is 0.222 e. The Morgan fingerprint density at radius 2 is 1.97 bits per heavy atom. The van der Waals surface area contributed by atoms with Crippen molar-refractivity contribution in [2.75, 3.05) is 13.1 Å². The van der Waals surface area contributed by atoms with Crippen LogP contribution in [0.15, 0.2) is 53.1 Å². The fraction of sp³-hybridized carbons (Fsp3) is 0.500. The van der Waals surface area contributed by atoms with E-state index in [9.17, 15) is 9.59 Å². The van der Waals surface area contributed by atoms with Crippen LogP contribution in [0.1, 0.15) is 49.8 Å². The van der Waals surface area contributed by atoms with Gasteiger partial charge in [-0.05, 0) is 43.4 Å². The summed E-state index contributed by atoms with van der Waals surface area (Å²) >= 11 is 0. The van der Waals surface area contributed by atoms with Gasteiger partial charge in [0.2, 0.25) is 11.8 Å². The summed E-state index contributed by atoms with van der Waals surface area (Å²) in [5.41, 5.74) is 0.804. The van der Waals surface area contributed by atoms with E-state index in [0.29, 0.717) is 32.3 Å². The van der Waals surface area contributed by atoms with E-state index in [4.69, 9.17) is 9.15 Å². The molecular formula is C24H30N2O4. The van der Waals surface area contributed by atoms with E-state index >= 15 is 0 Å². The van der Waals surface area contributed by atoms with Crippen molar-refractivity contribution in [1.82, 2.24) is 10.2 Å². The fourth-order valence-electron chi connectivity index (χ4n) is 4.49. The molecule has 2 aliphatic heterocycles. The van der Waals surface area contributed by atoms with Gasteiger partial charge in [-0.25, -0.2) is 0 Å². The van der Waals surface area contributed by atoms with Crippen LogP contribution in [0.25, 0.3) is 0 Å². The first-order chi connectivity index (χ1) is 14.6. The van der Waals surface area contributed by atoms with Crippen molar-refractivity contribution < 1.29 is 18.7 Å². The predicted molar refractivity (Wildman–Crippen MR) is 113 cm³/mol. The Bertz CT molecular complexity index is 828. The van der Waals surface area contributed by atoms with Gasteiger partial charge in [-0.15, -0.1) is 0 Å². The maximum atomic E-state index is 12.8. The zero-order valence-electron chi connectivity index (χ0n) is 17.3. The van der Waals surface area contributed by atoms with Gasteiger partial charge in [0.05, 0.1) is 19.0 Å². The first-order valence-corrected chi connectivity index (χ1v) is 10.9. The van der Waals surface area contributed by atoms with Crippen molar-refractivity contribution >= 4 is 11.8 Å². The van der Waals surface area contributed by atoms with Crippen molar-refractivity contribution in [3.05, 3.63) is 60.1 Å². The molecule has 2 aliphatic rings. The van der Waals surface area contributed by atoms with E-state index in [0.717, 1.165) is 38.1 Å². The van der Waals surface area contributed by atoms with Crippen molar-refractivity contribution in [2.45, 2.75) is 63.2 Å². The van der Waals surface area contributed by atoms with Crippen LogP contribution in [-0.2, 0) is 27.4 Å². The van der Waals surface area contributed by atoms with Crippen molar-refractivity contribution in [3.63, 3.8) is 0 Å². The average molecular weight is 411 g/mol. The molecule has 1 unspecified atom stereocenters. The lowest BCUT2D eigenvalue weighted by Crippen LogP contribution is -2.46. The second-order valence-electron chi connectivity index (χ2n) is 8.46. The molecule has 0 bridgehead atoms. The van der Waals surface area contributed by atoms with Gasteiger partial charge in [0.15, 0.2) is 0 Å². The van der Waals surface area contributed by atoms with Gasteiger partial charge in [-0.2, -0.15) is 0 Å². The number of carbonyl (C=O) groups is 2. The number of hydrogen-bond donors (Lipinski definition) is 1. The Morgan fingerprint density at radius 1 is 1.17 bits per heavy atom. The Kier molecular flexibility index (Phi) is 6.53. The Hall–Kier alpha value is -2.60. The van der Waals surface area contributed by atoms with Gasteiger partial charge in [0, 0.05) is 37.9 Å². The molecule has 1 aromatic heterocycles. The highest BCUT2D eigenvalue weighted by molar-refractivity contribution is 5.80. The van der Waals surface area contributed by atoms with Gasteiger partial charge in [0.1, 0.15) is 5.76 Å². The molecule has 1 aromatic carbocycles. The fourth-order valence-corrected chi connectivity index (χ4v) is 4.49. The lowest BCUT2D eigenvalue weighted by molar-refractivity contribution is -0.134. The number of likely N-dealkylation sites (tertiary alicyclic amines) is 1. The highest BCUT2D eigenvalue weighted by atomic mass is 16.5. The van der Waals surface area contributed by atoms with Crippen LogP contribution in [-0.4, -0.2) is 41.4 Å². The average Bonchev–Trinajstić information content (AvgIpc) is 3.42. The highest BCUT2D eigenvalue weighted by Crippen LogP contribution is 2.30. The van der Waals surface area contributed by atoms with Gasteiger partial charge in [-0.1, -0.05) is 30.3 Å². The Labute approximate surface area is 177 Å². The number of furan rings is 1. The van der Waals surface area contributed by atoms with Crippen molar-refractivity contribution in [3.8, 4) is 0 Å². The largest absolute Gasteiger partial charge is 0.469 e. The van der Waals surface area contributed by atoms with Crippen LogP contribution in [0.2, 0.25) is 0 Å². The van der Waals surface area contributed by atoms with Crippen molar-refractivity contribution in [2.24, 2.45) is 0 Å². The molecule has 3 heterocycles. The third kappa shape index (κ3) is 5.30. The summed E-state index contributed by atoms with van der Waals surface area (Å²) in [5.74, 6) is 1.07. The molecule has 6 nitrogen and oxygen atoms in total. The summed E-state index contributed by atoms with van der Waals surface area (Å²) in [5, 5.41) is 3.11. The molecule has 1 atom stereocenters. The number of nitrogens with zero attached hydrogens (tertiary/aromatic N) is 1. The molecule has 2 saturated heterocycles. The molecule has 2 aromatic rings. The van der Waals surface area contributed by atoms with Crippen LogP contribution in [0.5, 0.6) is 0 Å². The van der Waals surface area contributed by atoms with E-state index in [2.05, 4.69) is 17.4 Å². The number of carbonyl (C=O) groups excluding carboxylic acids is 2. The first kappa shape index (κ1) is 20.7. The summed E-state index contributed by atoms with van der Waals surface area (Å²) in [6, 6.07) is 14.0. The molecule has 160 valence electrons. The number of hydrogen-bond acceptors (Lipinski definition) is 4. The van der Waals surface area contributed by atoms with Crippen molar-refractivity contribution in [1.29, 1.82) is 0 Å². The number of amides is 2. The van der Waals surface area contributed by atoms with Gasteiger partial charge >= 0.3 is 0 Å². The molecule has 0 spiro atoms. The summed E-state index contributed by atoms with van der Waals surface area (Å²) in [6.07, 6.45) is 6.56. The predicted octanol–water partition coefficient (Wildman–Crippen LogP) is 3.46. The molecule has 0 radical (unpaired) electrons. The monoisotopic (exact) mass is 410 g/mol. The van der Waals surface area contributed by atoms with E-state index in [1.807, 2.05) is 35.2 Å². The van der Waals surface area contributed by atoms with Gasteiger partial charge in [0.25, 0.3) is 0 Å². The summed E-state index contributed by atoms with van der Waals surface area (Å²) < 4.78 is 11.5. The van der Waals surface area contributed by atoms with E-state index < -0.39 is 0 Å². The Morgan fingerprint density at radius 3 is 2.63 bits per heavy atom. The summed E-state index contributed by atoms with van der Waals surface area (Å²) in [6.45, 7) is 2.08. The van der Waals surface area contributed by atoms with E-state index in [1.165, 1.54) is 5.56 Å². The third-order valence-electron chi connectivity index (χ3n) is 6.27. The third-order valence-corrected chi connectivity index (χ3v) is 6.27. The van der Waals surface area contributed by atoms with E-state index in [-0.39, 0.29) is 23.5 Å². The standard InChI is InChI=1S/C24H30N2O4/c27-22-8-12-24(25-22,17-21-7-4-16-29-21)13-9-23(28)26-14-10-20(11-15-26)30-18-19-5-2-1-3-6-19/h1-7,16,20H,8-15,17-18H2,(H,25,27). The summed E-state index contributed by atoms with van der Waals surface area (Å²) in [7, 11) is 0.